The lowest BCUT2D eigenvalue weighted by atomic mass is 10.0. The first-order valence-corrected chi connectivity index (χ1v) is 10.5. The van der Waals surface area contributed by atoms with E-state index in [0.717, 1.165) is 17.5 Å². The number of benzene rings is 1. The van der Waals surface area contributed by atoms with Crippen LogP contribution in [0.2, 0.25) is 5.02 Å². The summed E-state index contributed by atoms with van der Waals surface area (Å²) in [6.07, 6.45) is 3.25. The molecule has 1 saturated heterocycles. The zero-order chi connectivity index (χ0) is 19.8. The molecule has 1 unspecified atom stereocenters. The van der Waals surface area contributed by atoms with Crippen LogP contribution in [0.1, 0.15) is 24.6 Å². The second-order valence-electron chi connectivity index (χ2n) is 6.93. The molecule has 0 bridgehead atoms. The summed E-state index contributed by atoms with van der Waals surface area (Å²) in [6, 6.07) is 7.11. The highest BCUT2D eigenvalue weighted by Crippen LogP contribution is 2.39. The number of rotatable bonds is 5. The molecule has 2 aromatic rings. The third kappa shape index (κ3) is 3.94. The zero-order valence-corrected chi connectivity index (χ0v) is 17.5. The first kappa shape index (κ1) is 20.0. The van der Waals surface area contributed by atoms with Crippen molar-refractivity contribution in [2.75, 3.05) is 39.6 Å². The van der Waals surface area contributed by atoms with Crippen LogP contribution < -0.4 is 4.90 Å². The highest BCUT2D eigenvalue weighted by Gasteiger charge is 2.38. The van der Waals surface area contributed by atoms with Crippen LogP contribution in [0.4, 0.5) is 5.95 Å². The largest absolute Gasteiger partial charge is 0.347 e. The molecule has 146 valence electrons. The number of hydrogen-bond acceptors (Lipinski definition) is 5. The molecule has 0 N–H and O–H groups in total. The highest BCUT2D eigenvalue weighted by atomic mass is 35.5. The minimum absolute atomic E-state index is 0.340. The van der Waals surface area contributed by atoms with Crippen molar-refractivity contribution >= 4 is 27.8 Å². The van der Waals surface area contributed by atoms with Crippen LogP contribution in [-0.2, 0) is 10.2 Å². The molecule has 1 fully saturated rings. The molecule has 0 saturated carbocycles. The van der Waals surface area contributed by atoms with Gasteiger partial charge in [0.1, 0.15) is 0 Å². The maximum Gasteiger partial charge on any atom is 0.282 e. The number of nitrogens with zero attached hydrogens (tertiary/aromatic N) is 5. The van der Waals surface area contributed by atoms with Gasteiger partial charge in [0.15, 0.2) is 0 Å². The Morgan fingerprint density at radius 1 is 1.22 bits per heavy atom. The Kier molecular flexibility index (Phi) is 5.71. The van der Waals surface area contributed by atoms with E-state index in [1.807, 2.05) is 37.2 Å². The van der Waals surface area contributed by atoms with E-state index in [1.165, 1.54) is 8.61 Å². The highest BCUT2D eigenvalue weighted by molar-refractivity contribution is 7.86. The van der Waals surface area contributed by atoms with E-state index in [2.05, 4.69) is 4.98 Å². The van der Waals surface area contributed by atoms with Crippen LogP contribution in [0.5, 0.6) is 0 Å². The fourth-order valence-corrected chi connectivity index (χ4v) is 4.73. The standard InChI is InChI=1S/C18H24ClN5O2S/c1-22(2)18-20-12-15(13-7-5-8-14(19)11-13)17(21-18)16-9-6-10-24(16)27(25,26)23(3)4/h5,7-8,11-12,16H,6,9-10H2,1-4H3. The second kappa shape index (κ2) is 7.71. The van der Waals surface area contributed by atoms with Crippen LogP contribution in [0.3, 0.4) is 0 Å². The van der Waals surface area contributed by atoms with Gasteiger partial charge in [-0.2, -0.15) is 17.0 Å². The smallest absolute Gasteiger partial charge is 0.282 e. The Bertz CT molecular complexity index is 933. The third-order valence-electron chi connectivity index (χ3n) is 4.62. The van der Waals surface area contributed by atoms with Crippen LogP contribution in [-0.4, -0.2) is 61.7 Å². The summed E-state index contributed by atoms with van der Waals surface area (Å²) in [5, 5.41) is 0.610. The molecule has 0 radical (unpaired) electrons. The van der Waals surface area contributed by atoms with Gasteiger partial charge in [-0.05, 0) is 30.5 Å². The lowest BCUT2D eigenvalue weighted by Crippen LogP contribution is -2.40. The van der Waals surface area contributed by atoms with E-state index in [-0.39, 0.29) is 6.04 Å². The van der Waals surface area contributed by atoms with Gasteiger partial charge in [-0.1, -0.05) is 23.7 Å². The van der Waals surface area contributed by atoms with Crippen molar-refractivity contribution in [3.63, 3.8) is 0 Å². The van der Waals surface area contributed by atoms with E-state index in [9.17, 15) is 8.42 Å². The Morgan fingerprint density at radius 3 is 2.59 bits per heavy atom. The predicted octanol–water partition coefficient (Wildman–Crippen LogP) is 2.81. The second-order valence-corrected chi connectivity index (χ2v) is 9.46. The molecule has 1 aliphatic heterocycles. The third-order valence-corrected chi connectivity index (χ3v) is 6.81. The summed E-state index contributed by atoms with van der Waals surface area (Å²) in [6.45, 7) is 0.474. The number of anilines is 1. The summed E-state index contributed by atoms with van der Waals surface area (Å²) in [4.78, 5) is 11.0. The van der Waals surface area contributed by atoms with Crippen molar-refractivity contribution in [1.82, 2.24) is 18.6 Å². The van der Waals surface area contributed by atoms with Gasteiger partial charge in [0.25, 0.3) is 10.2 Å². The van der Waals surface area contributed by atoms with Crippen molar-refractivity contribution in [1.29, 1.82) is 0 Å². The van der Waals surface area contributed by atoms with Crippen molar-refractivity contribution in [2.24, 2.45) is 0 Å². The number of aromatic nitrogens is 2. The average Bonchev–Trinajstić information content (AvgIpc) is 3.11. The number of halogens is 1. The molecular weight excluding hydrogens is 386 g/mol. The van der Waals surface area contributed by atoms with E-state index in [1.54, 1.807) is 26.4 Å². The fraction of sp³-hybridized carbons (Fsp3) is 0.444. The van der Waals surface area contributed by atoms with Crippen LogP contribution in [0, 0.1) is 0 Å². The predicted molar refractivity (Wildman–Crippen MR) is 108 cm³/mol. The van der Waals surface area contributed by atoms with Gasteiger partial charge in [0, 0.05) is 51.5 Å². The molecule has 1 aromatic heterocycles. The summed E-state index contributed by atoms with van der Waals surface area (Å²) in [7, 11) is 3.28. The molecule has 2 heterocycles. The Balaban J connectivity index is 2.16. The minimum Gasteiger partial charge on any atom is -0.347 e. The molecule has 1 atom stereocenters. The lowest BCUT2D eigenvalue weighted by molar-refractivity contribution is 0.358. The molecule has 7 nitrogen and oxygen atoms in total. The lowest BCUT2D eigenvalue weighted by Gasteiger charge is -2.28. The van der Waals surface area contributed by atoms with Crippen molar-refractivity contribution in [2.45, 2.75) is 18.9 Å². The zero-order valence-electron chi connectivity index (χ0n) is 15.9. The minimum atomic E-state index is -3.55. The van der Waals surface area contributed by atoms with Gasteiger partial charge in [0.2, 0.25) is 5.95 Å². The Hall–Kier alpha value is -1.74. The van der Waals surface area contributed by atoms with Gasteiger partial charge in [-0.3, -0.25) is 0 Å². The van der Waals surface area contributed by atoms with E-state index in [0.29, 0.717) is 29.6 Å². The van der Waals surface area contributed by atoms with Gasteiger partial charge in [-0.25, -0.2) is 9.97 Å². The molecule has 9 heteroatoms. The molecule has 0 spiro atoms. The molecule has 1 aromatic carbocycles. The van der Waals surface area contributed by atoms with Gasteiger partial charge in [-0.15, -0.1) is 0 Å². The average molecular weight is 410 g/mol. The Morgan fingerprint density at radius 2 is 1.96 bits per heavy atom. The topological polar surface area (TPSA) is 69.6 Å². The molecule has 0 amide bonds. The van der Waals surface area contributed by atoms with Crippen LogP contribution in [0.25, 0.3) is 11.1 Å². The summed E-state index contributed by atoms with van der Waals surface area (Å²) >= 11 is 6.17. The maximum absolute atomic E-state index is 12.8. The molecular formula is C18H24ClN5O2S. The summed E-state index contributed by atoms with van der Waals surface area (Å²) in [5.41, 5.74) is 2.38. The molecule has 0 aliphatic carbocycles. The summed E-state index contributed by atoms with van der Waals surface area (Å²) in [5.74, 6) is 0.546. The van der Waals surface area contributed by atoms with Crippen LogP contribution in [0.15, 0.2) is 30.5 Å². The Labute approximate surface area is 165 Å². The van der Waals surface area contributed by atoms with Crippen LogP contribution >= 0.6 is 11.6 Å². The quantitative estimate of drug-likeness (QED) is 0.759. The maximum atomic E-state index is 12.8. The van der Waals surface area contributed by atoms with Gasteiger partial charge < -0.3 is 4.90 Å². The van der Waals surface area contributed by atoms with Gasteiger partial charge >= 0.3 is 0 Å². The first-order valence-electron chi connectivity index (χ1n) is 8.71. The molecule has 1 aliphatic rings. The molecule has 3 rings (SSSR count). The monoisotopic (exact) mass is 409 g/mol. The molecule has 27 heavy (non-hydrogen) atoms. The summed E-state index contributed by atoms with van der Waals surface area (Å²) < 4.78 is 28.4. The van der Waals surface area contributed by atoms with E-state index < -0.39 is 10.2 Å². The van der Waals surface area contributed by atoms with Crippen molar-refractivity contribution in [3.05, 3.63) is 41.2 Å². The SMILES string of the molecule is CN(C)c1ncc(-c2cccc(Cl)c2)c(C2CCCN2S(=O)(=O)N(C)C)n1. The number of hydrogen-bond donors (Lipinski definition) is 0. The first-order chi connectivity index (χ1) is 12.7. The van der Waals surface area contributed by atoms with Crippen molar-refractivity contribution < 1.29 is 8.42 Å². The van der Waals surface area contributed by atoms with Gasteiger partial charge in [0.05, 0.1) is 11.7 Å². The fourth-order valence-electron chi connectivity index (χ4n) is 3.23. The van der Waals surface area contributed by atoms with E-state index in [4.69, 9.17) is 16.6 Å². The van der Waals surface area contributed by atoms with Crippen molar-refractivity contribution in [3.8, 4) is 11.1 Å². The normalized spacial score (nSPS) is 18.2. The van der Waals surface area contributed by atoms with E-state index >= 15 is 0 Å².